The van der Waals surface area contributed by atoms with E-state index in [0.717, 1.165) is 16.6 Å². The van der Waals surface area contributed by atoms with Crippen molar-refractivity contribution in [2.24, 2.45) is 0 Å². The molecule has 0 spiro atoms. The molecular weight excluding hydrogens is 400 g/mol. The maximum atomic E-state index is 13.1. The van der Waals surface area contributed by atoms with Gasteiger partial charge in [0, 0.05) is 18.0 Å². The number of hydrogen-bond acceptors (Lipinski definition) is 3. The zero-order valence-electron chi connectivity index (χ0n) is 17.6. The maximum Gasteiger partial charge on any atom is 0.276 e. The van der Waals surface area contributed by atoms with Crippen LogP contribution in [0.25, 0.3) is 16.7 Å². The van der Waals surface area contributed by atoms with Gasteiger partial charge in [-0.1, -0.05) is 42.5 Å². The van der Waals surface area contributed by atoms with Gasteiger partial charge in [-0.05, 0) is 54.4 Å². The Morgan fingerprint density at radius 1 is 0.938 bits per heavy atom. The summed E-state index contributed by atoms with van der Waals surface area (Å²) in [5.41, 5.74) is 4.56. The van der Waals surface area contributed by atoms with Gasteiger partial charge in [-0.2, -0.15) is 0 Å². The molecule has 5 aromatic rings. The van der Waals surface area contributed by atoms with E-state index in [-0.39, 0.29) is 17.5 Å². The lowest BCUT2D eigenvalue weighted by Crippen LogP contribution is -2.26. The first-order valence-electron chi connectivity index (χ1n) is 10.5. The Balaban J connectivity index is 1.40. The highest BCUT2D eigenvalue weighted by atomic mass is 16.1. The Bertz CT molecular complexity index is 1470. The minimum absolute atomic E-state index is 0.0897. The highest BCUT2D eigenvalue weighted by molar-refractivity contribution is 5.94. The molecule has 5 rings (SSSR count). The normalized spacial score (nSPS) is 12.2. The van der Waals surface area contributed by atoms with Gasteiger partial charge in [0.2, 0.25) is 0 Å². The van der Waals surface area contributed by atoms with E-state index >= 15 is 0 Å². The van der Waals surface area contributed by atoms with Gasteiger partial charge in [-0.25, -0.2) is 4.98 Å². The highest BCUT2D eigenvalue weighted by Gasteiger charge is 2.13. The number of nitrogens with one attached hydrogen (secondary N) is 1. The fraction of sp³-hybridized carbons (Fsp3) is 0.115. The minimum Gasteiger partial charge on any atom is -0.346 e. The first-order valence-corrected chi connectivity index (χ1v) is 10.5. The third kappa shape index (κ3) is 3.56. The Hall–Kier alpha value is -4.19. The first-order chi connectivity index (χ1) is 15.6. The number of carbonyl (C=O) groups excluding carboxylic acids is 1. The molecule has 3 aromatic heterocycles. The molecule has 0 saturated heterocycles. The van der Waals surface area contributed by atoms with Gasteiger partial charge in [0.25, 0.3) is 11.5 Å². The molecule has 0 aliphatic heterocycles. The van der Waals surface area contributed by atoms with Crippen molar-refractivity contribution < 1.29 is 4.79 Å². The van der Waals surface area contributed by atoms with Crippen molar-refractivity contribution in [3.8, 4) is 0 Å². The van der Waals surface area contributed by atoms with Crippen LogP contribution in [0.5, 0.6) is 0 Å². The van der Waals surface area contributed by atoms with E-state index < -0.39 is 0 Å². The number of aromatic nitrogens is 3. The van der Waals surface area contributed by atoms with E-state index in [1.165, 1.54) is 0 Å². The SMILES string of the molecule is CC(NC(=O)c1ccc(Cn2c(=O)c3cccn3c3cccnc32)cc1)c1ccccc1. The number of fused-ring (bicyclic) bond motifs is 3. The summed E-state index contributed by atoms with van der Waals surface area (Å²) in [6.45, 7) is 2.33. The topological polar surface area (TPSA) is 68.4 Å². The van der Waals surface area contributed by atoms with Gasteiger partial charge in [0.15, 0.2) is 5.65 Å². The Kier molecular flexibility index (Phi) is 5.03. The summed E-state index contributed by atoms with van der Waals surface area (Å²) < 4.78 is 3.54. The van der Waals surface area contributed by atoms with Gasteiger partial charge < -0.3 is 9.72 Å². The van der Waals surface area contributed by atoms with Crippen molar-refractivity contribution in [3.63, 3.8) is 0 Å². The lowest BCUT2D eigenvalue weighted by Gasteiger charge is -2.15. The van der Waals surface area contributed by atoms with Crippen molar-refractivity contribution >= 4 is 22.6 Å². The van der Waals surface area contributed by atoms with Crippen molar-refractivity contribution in [2.45, 2.75) is 19.5 Å². The summed E-state index contributed by atoms with van der Waals surface area (Å²) in [5, 5.41) is 3.03. The largest absolute Gasteiger partial charge is 0.346 e. The fourth-order valence-electron chi connectivity index (χ4n) is 3.98. The van der Waals surface area contributed by atoms with E-state index in [2.05, 4.69) is 10.3 Å². The minimum atomic E-state index is -0.133. The van der Waals surface area contributed by atoms with Gasteiger partial charge in [0.1, 0.15) is 5.52 Å². The number of nitrogens with zero attached hydrogens (tertiary/aromatic N) is 3. The average Bonchev–Trinajstić information content (AvgIpc) is 3.33. The van der Waals surface area contributed by atoms with Crippen molar-refractivity contribution in [2.75, 3.05) is 0 Å². The van der Waals surface area contributed by atoms with E-state index in [9.17, 15) is 9.59 Å². The second kappa shape index (κ2) is 8.15. The van der Waals surface area contributed by atoms with Crippen LogP contribution in [0.15, 0.2) is 96.1 Å². The smallest absolute Gasteiger partial charge is 0.276 e. The second-order valence-electron chi connectivity index (χ2n) is 7.80. The molecule has 1 amide bonds. The second-order valence-corrected chi connectivity index (χ2v) is 7.80. The first kappa shape index (κ1) is 19.8. The zero-order chi connectivity index (χ0) is 22.1. The summed E-state index contributed by atoms with van der Waals surface area (Å²) in [6.07, 6.45) is 3.56. The molecule has 0 aliphatic carbocycles. The van der Waals surface area contributed by atoms with E-state index in [0.29, 0.717) is 23.3 Å². The lowest BCUT2D eigenvalue weighted by molar-refractivity contribution is 0.0940. The van der Waals surface area contributed by atoms with Gasteiger partial charge in [0.05, 0.1) is 18.1 Å². The van der Waals surface area contributed by atoms with Crippen LogP contribution in [0.1, 0.15) is 34.5 Å². The van der Waals surface area contributed by atoms with E-state index in [1.807, 2.05) is 84.3 Å². The number of pyridine rings is 1. The van der Waals surface area contributed by atoms with Crippen molar-refractivity contribution in [3.05, 3.63) is 118 Å². The molecule has 6 nitrogen and oxygen atoms in total. The highest BCUT2D eigenvalue weighted by Crippen LogP contribution is 2.16. The van der Waals surface area contributed by atoms with Crippen LogP contribution in [-0.4, -0.2) is 19.9 Å². The molecule has 2 aromatic carbocycles. The molecule has 158 valence electrons. The number of amides is 1. The van der Waals surface area contributed by atoms with Gasteiger partial charge in [-0.3, -0.25) is 14.2 Å². The molecule has 0 radical (unpaired) electrons. The number of rotatable bonds is 5. The van der Waals surface area contributed by atoms with Crippen LogP contribution in [0.2, 0.25) is 0 Å². The van der Waals surface area contributed by atoms with Crippen LogP contribution in [0.3, 0.4) is 0 Å². The molecule has 0 fully saturated rings. The van der Waals surface area contributed by atoms with Gasteiger partial charge in [-0.15, -0.1) is 0 Å². The Labute approximate surface area is 184 Å². The Morgan fingerprint density at radius 2 is 1.69 bits per heavy atom. The fourth-order valence-corrected chi connectivity index (χ4v) is 3.98. The molecule has 0 bridgehead atoms. The summed E-state index contributed by atoms with van der Waals surface area (Å²) in [7, 11) is 0. The summed E-state index contributed by atoms with van der Waals surface area (Å²) in [6, 6.07) is 24.6. The van der Waals surface area contributed by atoms with Crippen LogP contribution < -0.4 is 10.9 Å². The zero-order valence-corrected chi connectivity index (χ0v) is 17.6. The van der Waals surface area contributed by atoms with Crippen LogP contribution >= 0.6 is 0 Å². The summed E-state index contributed by atoms with van der Waals surface area (Å²) >= 11 is 0. The van der Waals surface area contributed by atoms with Crippen LogP contribution in [-0.2, 0) is 6.54 Å². The molecule has 1 unspecified atom stereocenters. The predicted molar refractivity (Wildman–Crippen MR) is 125 cm³/mol. The molecule has 3 heterocycles. The third-order valence-corrected chi connectivity index (χ3v) is 5.70. The summed E-state index contributed by atoms with van der Waals surface area (Å²) in [5.74, 6) is -0.133. The number of hydrogen-bond donors (Lipinski definition) is 1. The number of benzene rings is 2. The molecule has 6 heteroatoms. The van der Waals surface area contributed by atoms with Crippen LogP contribution in [0.4, 0.5) is 0 Å². The van der Waals surface area contributed by atoms with Crippen molar-refractivity contribution in [1.29, 1.82) is 0 Å². The standard InChI is InChI=1S/C26H22N4O2/c1-18(20-7-3-2-4-8-20)28-25(31)21-13-11-19(12-14-21)17-30-24-22(9-5-15-27-24)29-16-6-10-23(29)26(30)32/h2-16,18H,17H2,1H3,(H,28,31). The van der Waals surface area contributed by atoms with Crippen molar-refractivity contribution in [1.82, 2.24) is 19.3 Å². The molecule has 1 N–H and O–H groups in total. The molecule has 0 saturated carbocycles. The quantitative estimate of drug-likeness (QED) is 0.462. The van der Waals surface area contributed by atoms with E-state index in [4.69, 9.17) is 0 Å². The maximum absolute atomic E-state index is 13.1. The number of carbonyl (C=O) groups is 1. The van der Waals surface area contributed by atoms with Crippen LogP contribution in [0, 0.1) is 0 Å². The molecule has 1 atom stereocenters. The Morgan fingerprint density at radius 3 is 2.47 bits per heavy atom. The monoisotopic (exact) mass is 422 g/mol. The lowest BCUT2D eigenvalue weighted by atomic mass is 10.1. The molecule has 32 heavy (non-hydrogen) atoms. The summed E-state index contributed by atoms with van der Waals surface area (Å²) in [4.78, 5) is 30.2. The van der Waals surface area contributed by atoms with E-state index in [1.54, 1.807) is 22.9 Å². The predicted octanol–water partition coefficient (Wildman–Crippen LogP) is 4.19. The average molecular weight is 422 g/mol. The molecule has 0 aliphatic rings. The van der Waals surface area contributed by atoms with Gasteiger partial charge >= 0.3 is 0 Å². The third-order valence-electron chi connectivity index (χ3n) is 5.70. The molecular formula is C26H22N4O2.